The molecule has 0 aliphatic heterocycles. The first kappa shape index (κ1) is 10.6. The van der Waals surface area contributed by atoms with Crippen molar-refractivity contribution >= 4 is 17.6 Å². The van der Waals surface area contributed by atoms with Gasteiger partial charge in [-0.3, -0.25) is 0 Å². The quantitative estimate of drug-likeness (QED) is 0.878. The number of nitrogens with zero attached hydrogens (tertiary/aromatic N) is 1. The third-order valence-electron chi connectivity index (χ3n) is 1.96. The van der Waals surface area contributed by atoms with Crippen molar-refractivity contribution in [1.82, 2.24) is 5.16 Å². The second-order valence-corrected chi connectivity index (χ2v) is 3.35. The summed E-state index contributed by atoms with van der Waals surface area (Å²) in [5.74, 6) is -2.21. The van der Waals surface area contributed by atoms with Gasteiger partial charge in [0.05, 0.1) is 5.56 Å². The fraction of sp³-hybridized carbons (Fsp3) is 0. The van der Waals surface area contributed by atoms with E-state index in [0.717, 1.165) is 6.07 Å². The molecule has 0 saturated carbocycles. The predicted octanol–water partition coefficient (Wildman–Crippen LogP) is 2.83. The van der Waals surface area contributed by atoms with Gasteiger partial charge in [0.15, 0.2) is 5.15 Å². The maximum absolute atomic E-state index is 13.0. The molecule has 4 nitrogen and oxygen atoms in total. The van der Waals surface area contributed by atoms with Crippen molar-refractivity contribution in [2.75, 3.05) is 0 Å². The van der Waals surface area contributed by atoms with E-state index in [9.17, 15) is 9.18 Å². The summed E-state index contributed by atoms with van der Waals surface area (Å²) < 4.78 is 17.5. The molecule has 0 radical (unpaired) electrons. The maximum atomic E-state index is 13.0. The van der Waals surface area contributed by atoms with Crippen molar-refractivity contribution in [3.05, 3.63) is 41.0 Å². The molecular formula is C10H5ClFNO3. The number of carbonyl (C=O) groups is 1. The molecule has 0 unspecified atom stereocenters. The summed E-state index contributed by atoms with van der Waals surface area (Å²) in [5.41, 5.74) is 0.386. The van der Waals surface area contributed by atoms with Crippen LogP contribution in [0.4, 0.5) is 4.39 Å². The Morgan fingerprint density at radius 2 is 2.25 bits per heavy atom. The molecule has 2 rings (SSSR count). The number of hydrogen-bond donors (Lipinski definition) is 1. The Morgan fingerprint density at radius 3 is 2.88 bits per heavy atom. The van der Waals surface area contributed by atoms with Gasteiger partial charge in [0, 0.05) is 0 Å². The van der Waals surface area contributed by atoms with Crippen molar-refractivity contribution < 1.29 is 18.8 Å². The van der Waals surface area contributed by atoms with Crippen LogP contribution in [-0.2, 0) is 0 Å². The first-order valence-corrected chi connectivity index (χ1v) is 4.62. The summed E-state index contributed by atoms with van der Waals surface area (Å²) in [6.45, 7) is 0. The summed E-state index contributed by atoms with van der Waals surface area (Å²) in [5, 5.41) is 12.0. The van der Waals surface area contributed by atoms with Crippen LogP contribution in [0.1, 0.15) is 10.6 Å². The van der Waals surface area contributed by atoms with Crippen LogP contribution in [0, 0.1) is 5.82 Å². The fourth-order valence-electron chi connectivity index (χ4n) is 1.31. The zero-order valence-corrected chi connectivity index (χ0v) is 8.53. The number of carboxylic acids is 1. The van der Waals surface area contributed by atoms with Gasteiger partial charge in [-0.2, -0.15) is 0 Å². The predicted molar refractivity (Wildman–Crippen MR) is 53.9 cm³/mol. The number of carboxylic acid groups (broad SMARTS) is 1. The molecule has 1 N–H and O–H groups in total. The number of hydrogen-bond acceptors (Lipinski definition) is 3. The average Bonchev–Trinajstić information content (AvgIpc) is 2.60. The van der Waals surface area contributed by atoms with Gasteiger partial charge < -0.3 is 9.63 Å². The molecule has 0 aliphatic carbocycles. The van der Waals surface area contributed by atoms with Gasteiger partial charge in [-0.15, -0.1) is 0 Å². The normalized spacial score (nSPS) is 10.4. The topological polar surface area (TPSA) is 63.3 Å². The highest BCUT2D eigenvalue weighted by Crippen LogP contribution is 2.31. The number of rotatable bonds is 2. The molecule has 0 saturated heterocycles. The highest BCUT2D eigenvalue weighted by molar-refractivity contribution is 6.32. The Balaban J connectivity index is 2.63. The standard InChI is InChI=1S/C10H5ClFNO3/c11-9-7(8(10(14)15)16-13-9)5-2-1-3-6(12)4-5/h1-4H,(H,14,15). The Kier molecular flexibility index (Phi) is 2.62. The van der Waals surface area contributed by atoms with Gasteiger partial charge in [0.1, 0.15) is 5.82 Å². The Bertz CT molecular complexity index is 553. The second-order valence-electron chi connectivity index (χ2n) is 2.99. The number of aromatic carboxylic acids is 1. The zero-order chi connectivity index (χ0) is 11.7. The molecule has 0 aliphatic rings. The van der Waals surface area contributed by atoms with Gasteiger partial charge >= 0.3 is 5.97 Å². The van der Waals surface area contributed by atoms with Gasteiger partial charge in [-0.25, -0.2) is 9.18 Å². The number of benzene rings is 1. The minimum absolute atomic E-state index is 0.0775. The lowest BCUT2D eigenvalue weighted by atomic mass is 10.1. The van der Waals surface area contributed by atoms with E-state index in [0.29, 0.717) is 5.56 Å². The molecule has 1 aromatic heterocycles. The SMILES string of the molecule is O=C(O)c1onc(Cl)c1-c1cccc(F)c1. The van der Waals surface area contributed by atoms with E-state index in [-0.39, 0.29) is 10.7 Å². The fourth-order valence-corrected chi connectivity index (χ4v) is 1.54. The van der Waals surface area contributed by atoms with E-state index in [1.54, 1.807) is 0 Å². The lowest BCUT2D eigenvalue weighted by molar-refractivity contribution is 0.0653. The molecule has 1 heterocycles. The Labute approximate surface area is 94.2 Å². The highest BCUT2D eigenvalue weighted by Gasteiger charge is 2.22. The largest absolute Gasteiger partial charge is 0.475 e. The molecule has 1 aromatic carbocycles. The molecule has 0 atom stereocenters. The monoisotopic (exact) mass is 241 g/mol. The van der Waals surface area contributed by atoms with Gasteiger partial charge in [0.2, 0.25) is 0 Å². The van der Waals surface area contributed by atoms with Gasteiger partial charge in [0.25, 0.3) is 5.76 Å². The second kappa shape index (κ2) is 3.94. The van der Waals surface area contributed by atoms with E-state index in [2.05, 4.69) is 9.68 Å². The van der Waals surface area contributed by atoms with E-state index >= 15 is 0 Å². The first-order valence-electron chi connectivity index (χ1n) is 4.24. The van der Waals surface area contributed by atoms with Crippen LogP contribution in [-0.4, -0.2) is 16.2 Å². The van der Waals surface area contributed by atoms with Crippen LogP contribution in [0.15, 0.2) is 28.8 Å². The van der Waals surface area contributed by atoms with Crippen LogP contribution < -0.4 is 0 Å². The van der Waals surface area contributed by atoms with Crippen LogP contribution in [0.5, 0.6) is 0 Å². The van der Waals surface area contributed by atoms with Crippen LogP contribution in [0.3, 0.4) is 0 Å². The highest BCUT2D eigenvalue weighted by atomic mass is 35.5. The van der Waals surface area contributed by atoms with Crippen molar-refractivity contribution in [3.8, 4) is 11.1 Å². The van der Waals surface area contributed by atoms with Crippen LogP contribution in [0.25, 0.3) is 11.1 Å². The summed E-state index contributed by atoms with van der Waals surface area (Å²) in [7, 11) is 0. The smallest absolute Gasteiger partial charge is 0.375 e. The first-order chi connectivity index (χ1) is 7.59. The van der Waals surface area contributed by atoms with E-state index in [1.165, 1.54) is 18.2 Å². The Morgan fingerprint density at radius 1 is 1.50 bits per heavy atom. The van der Waals surface area contributed by atoms with Crippen molar-refractivity contribution in [2.24, 2.45) is 0 Å². The molecule has 82 valence electrons. The summed E-state index contributed by atoms with van der Waals surface area (Å²) in [6.07, 6.45) is 0. The van der Waals surface area contributed by atoms with Crippen molar-refractivity contribution in [3.63, 3.8) is 0 Å². The summed E-state index contributed by atoms with van der Waals surface area (Å²) in [6, 6.07) is 5.36. The molecule has 0 bridgehead atoms. The van der Waals surface area contributed by atoms with Gasteiger partial charge in [-0.05, 0) is 17.7 Å². The molecule has 0 fully saturated rings. The van der Waals surface area contributed by atoms with Crippen molar-refractivity contribution in [2.45, 2.75) is 0 Å². The van der Waals surface area contributed by atoms with E-state index in [1.807, 2.05) is 0 Å². The van der Waals surface area contributed by atoms with E-state index in [4.69, 9.17) is 16.7 Å². The third-order valence-corrected chi connectivity index (χ3v) is 2.22. The molecule has 2 aromatic rings. The Hall–Kier alpha value is -1.88. The molecule has 6 heteroatoms. The lowest BCUT2D eigenvalue weighted by Gasteiger charge is -1.98. The summed E-state index contributed by atoms with van der Waals surface area (Å²) >= 11 is 5.69. The minimum atomic E-state index is -1.31. The number of aromatic nitrogens is 1. The van der Waals surface area contributed by atoms with Crippen LogP contribution in [0.2, 0.25) is 5.15 Å². The molecular weight excluding hydrogens is 237 g/mol. The van der Waals surface area contributed by atoms with Crippen molar-refractivity contribution in [1.29, 1.82) is 0 Å². The third kappa shape index (κ3) is 1.77. The maximum Gasteiger partial charge on any atom is 0.375 e. The van der Waals surface area contributed by atoms with Crippen LogP contribution >= 0.6 is 11.6 Å². The lowest BCUT2D eigenvalue weighted by Crippen LogP contribution is -1.96. The summed E-state index contributed by atoms with van der Waals surface area (Å²) in [4.78, 5) is 10.8. The van der Waals surface area contributed by atoms with Gasteiger partial charge in [-0.1, -0.05) is 28.9 Å². The molecule has 0 amide bonds. The average molecular weight is 242 g/mol. The minimum Gasteiger partial charge on any atom is -0.475 e. The molecule has 16 heavy (non-hydrogen) atoms. The number of halogens is 2. The van der Waals surface area contributed by atoms with E-state index < -0.39 is 17.5 Å². The molecule has 0 spiro atoms. The zero-order valence-electron chi connectivity index (χ0n) is 7.78.